The van der Waals surface area contributed by atoms with Crippen LogP contribution in [0.15, 0.2) is 29.7 Å². The number of hydrogen-bond donors (Lipinski definition) is 2. The fourth-order valence-electron chi connectivity index (χ4n) is 2.21. The number of nitrogens with one attached hydrogen (secondary N) is 1. The average molecular weight is 279 g/mol. The van der Waals surface area contributed by atoms with E-state index in [1.165, 1.54) is 11.3 Å². The van der Waals surface area contributed by atoms with E-state index in [1.807, 2.05) is 23.6 Å². The van der Waals surface area contributed by atoms with Gasteiger partial charge in [0.2, 0.25) is 5.91 Å². The minimum Gasteiger partial charge on any atom is -0.481 e. The molecule has 1 aromatic rings. The molecule has 2 unspecified atom stereocenters. The van der Waals surface area contributed by atoms with Crippen LogP contribution in [0.2, 0.25) is 0 Å². The molecule has 0 radical (unpaired) electrons. The Hall–Kier alpha value is -1.62. The zero-order valence-corrected chi connectivity index (χ0v) is 11.4. The van der Waals surface area contributed by atoms with E-state index in [0.29, 0.717) is 0 Å². The lowest BCUT2D eigenvalue weighted by Crippen LogP contribution is -2.35. The molecule has 1 aromatic heterocycles. The first-order valence-electron chi connectivity index (χ1n) is 6.37. The van der Waals surface area contributed by atoms with Gasteiger partial charge < -0.3 is 10.4 Å². The summed E-state index contributed by atoms with van der Waals surface area (Å²) in [5.41, 5.74) is 0. The molecule has 0 bridgehead atoms. The van der Waals surface area contributed by atoms with Gasteiger partial charge in [0.1, 0.15) is 0 Å². The summed E-state index contributed by atoms with van der Waals surface area (Å²) in [4.78, 5) is 23.9. The molecule has 1 aliphatic carbocycles. The van der Waals surface area contributed by atoms with Gasteiger partial charge in [-0.05, 0) is 30.7 Å². The molecular weight excluding hydrogens is 262 g/mol. The van der Waals surface area contributed by atoms with E-state index in [0.717, 1.165) is 24.1 Å². The maximum atomic E-state index is 12.2. The van der Waals surface area contributed by atoms with Crippen LogP contribution < -0.4 is 5.32 Å². The molecule has 2 N–H and O–H groups in total. The summed E-state index contributed by atoms with van der Waals surface area (Å²) in [5.74, 6) is -0.965. The molecule has 102 valence electrons. The predicted molar refractivity (Wildman–Crippen MR) is 73.9 cm³/mol. The number of carbonyl (C=O) groups excluding carboxylic acids is 1. The van der Waals surface area contributed by atoms with Gasteiger partial charge in [-0.15, -0.1) is 11.3 Å². The lowest BCUT2D eigenvalue weighted by Gasteiger charge is -2.21. The molecule has 19 heavy (non-hydrogen) atoms. The molecule has 0 spiro atoms. The molecule has 1 heterocycles. The van der Waals surface area contributed by atoms with Gasteiger partial charge in [0.25, 0.3) is 0 Å². The van der Waals surface area contributed by atoms with Crippen molar-refractivity contribution in [1.82, 2.24) is 5.32 Å². The number of carbonyl (C=O) groups is 2. The summed E-state index contributed by atoms with van der Waals surface area (Å²) in [6.45, 7) is 0. The van der Waals surface area contributed by atoms with Crippen molar-refractivity contribution in [2.45, 2.75) is 31.7 Å². The summed E-state index contributed by atoms with van der Waals surface area (Å²) in [5, 5.41) is 13.7. The topological polar surface area (TPSA) is 66.4 Å². The van der Waals surface area contributed by atoms with Crippen molar-refractivity contribution in [1.29, 1.82) is 0 Å². The van der Waals surface area contributed by atoms with Gasteiger partial charge >= 0.3 is 5.97 Å². The highest BCUT2D eigenvalue weighted by molar-refractivity contribution is 7.10. The monoisotopic (exact) mass is 279 g/mol. The molecule has 5 heteroatoms. The van der Waals surface area contributed by atoms with E-state index in [2.05, 4.69) is 11.4 Å². The van der Waals surface area contributed by atoms with Gasteiger partial charge in [0.15, 0.2) is 0 Å². The molecule has 2 atom stereocenters. The number of rotatable bonds is 5. The van der Waals surface area contributed by atoms with Gasteiger partial charge in [0.05, 0.1) is 12.5 Å². The van der Waals surface area contributed by atoms with E-state index < -0.39 is 12.0 Å². The lowest BCUT2D eigenvalue weighted by atomic mass is 9.93. The molecule has 0 saturated heterocycles. The largest absolute Gasteiger partial charge is 0.481 e. The Morgan fingerprint density at radius 1 is 1.47 bits per heavy atom. The summed E-state index contributed by atoms with van der Waals surface area (Å²) >= 11 is 1.47. The Morgan fingerprint density at radius 3 is 2.89 bits per heavy atom. The first-order valence-corrected chi connectivity index (χ1v) is 7.25. The molecule has 1 aliphatic rings. The minimum absolute atomic E-state index is 0.0266. The van der Waals surface area contributed by atoms with E-state index in [4.69, 9.17) is 5.11 Å². The van der Waals surface area contributed by atoms with Crippen LogP contribution in [0, 0.1) is 5.92 Å². The van der Waals surface area contributed by atoms with E-state index in [9.17, 15) is 9.59 Å². The quantitative estimate of drug-likeness (QED) is 0.814. The Morgan fingerprint density at radius 2 is 2.32 bits per heavy atom. The van der Waals surface area contributed by atoms with Crippen LogP contribution in [0.4, 0.5) is 0 Å². The number of allylic oxidation sites excluding steroid dienone is 2. The second-order valence-electron chi connectivity index (χ2n) is 4.66. The Bertz CT molecular complexity index is 467. The van der Waals surface area contributed by atoms with Gasteiger partial charge in [-0.2, -0.15) is 0 Å². The second-order valence-corrected chi connectivity index (χ2v) is 5.64. The van der Waals surface area contributed by atoms with Crippen LogP contribution in [0.3, 0.4) is 0 Å². The van der Waals surface area contributed by atoms with Crippen molar-refractivity contribution >= 4 is 23.2 Å². The predicted octanol–water partition coefficient (Wildman–Crippen LogP) is 2.74. The Balaban J connectivity index is 2.01. The van der Waals surface area contributed by atoms with Crippen LogP contribution in [-0.2, 0) is 9.59 Å². The molecule has 0 saturated carbocycles. The zero-order chi connectivity index (χ0) is 13.7. The van der Waals surface area contributed by atoms with Crippen LogP contribution >= 0.6 is 11.3 Å². The van der Waals surface area contributed by atoms with Gasteiger partial charge in [-0.1, -0.05) is 18.2 Å². The summed E-state index contributed by atoms with van der Waals surface area (Å²) in [6.07, 6.45) is 6.53. The number of hydrogen-bond acceptors (Lipinski definition) is 3. The molecule has 0 aliphatic heterocycles. The fourth-order valence-corrected chi connectivity index (χ4v) is 2.99. The summed E-state index contributed by atoms with van der Waals surface area (Å²) in [6, 6.07) is 3.31. The molecule has 0 fully saturated rings. The van der Waals surface area contributed by atoms with Crippen LogP contribution in [0.25, 0.3) is 0 Å². The maximum absolute atomic E-state index is 12.2. The summed E-state index contributed by atoms with van der Waals surface area (Å²) in [7, 11) is 0. The molecule has 0 aromatic carbocycles. The van der Waals surface area contributed by atoms with Crippen molar-refractivity contribution in [3.63, 3.8) is 0 Å². The van der Waals surface area contributed by atoms with Gasteiger partial charge in [-0.3, -0.25) is 9.59 Å². The first kappa shape index (κ1) is 13.8. The highest BCUT2D eigenvalue weighted by Gasteiger charge is 2.24. The lowest BCUT2D eigenvalue weighted by molar-refractivity contribution is -0.137. The Labute approximate surface area is 116 Å². The molecule has 2 rings (SSSR count). The third kappa shape index (κ3) is 3.92. The SMILES string of the molecule is O=C(O)CC(NC(=O)C1CC=CCC1)c1cccs1. The van der Waals surface area contributed by atoms with Crippen molar-refractivity contribution in [3.05, 3.63) is 34.5 Å². The van der Waals surface area contributed by atoms with Crippen molar-refractivity contribution < 1.29 is 14.7 Å². The van der Waals surface area contributed by atoms with Crippen molar-refractivity contribution in [3.8, 4) is 0 Å². The standard InChI is InChI=1S/C14H17NO3S/c16-13(17)9-11(12-7-4-8-19-12)15-14(18)10-5-2-1-3-6-10/h1-2,4,7-8,10-11H,3,5-6,9H2,(H,15,18)(H,16,17). The third-order valence-corrected chi connectivity index (χ3v) is 4.21. The first-order chi connectivity index (χ1) is 9.16. The second kappa shape index (κ2) is 6.52. The average Bonchev–Trinajstić information content (AvgIpc) is 2.92. The number of aliphatic carboxylic acids is 1. The van der Waals surface area contributed by atoms with Crippen LogP contribution in [-0.4, -0.2) is 17.0 Å². The third-order valence-electron chi connectivity index (χ3n) is 3.22. The van der Waals surface area contributed by atoms with Crippen LogP contribution in [0.5, 0.6) is 0 Å². The van der Waals surface area contributed by atoms with E-state index >= 15 is 0 Å². The number of carboxylic acids is 1. The van der Waals surface area contributed by atoms with E-state index in [-0.39, 0.29) is 18.2 Å². The van der Waals surface area contributed by atoms with E-state index in [1.54, 1.807) is 0 Å². The van der Waals surface area contributed by atoms with Gasteiger partial charge in [-0.25, -0.2) is 0 Å². The van der Waals surface area contributed by atoms with Crippen molar-refractivity contribution in [2.24, 2.45) is 5.92 Å². The maximum Gasteiger partial charge on any atom is 0.305 e. The normalized spacial score (nSPS) is 19.9. The fraction of sp³-hybridized carbons (Fsp3) is 0.429. The Kier molecular flexibility index (Phi) is 4.74. The summed E-state index contributed by atoms with van der Waals surface area (Å²) < 4.78 is 0. The molecular formula is C14H17NO3S. The van der Waals surface area contributed by atoms with Crippen molar-refractivity contribution in [2.75, 3.05) is 0 Å². The molecule has 1 amide bonds. The van der Waals surface area contributed by atoms with Gasteiger partial charge in [0, 0.05) is 10.8 Å². The number of amides is 1. The number of thiophene rings is 1. The minimum atomic E-state index is -0.901. The zero-order valence-electron chi connectivity index (χ0n) is 10.5. The smallest absolute Gasteiger partial charge is 0.305 e. The van der Waals surface area contributed by atoms with Crippen LogP contribution in [0.1, 0.15) is 36.6 Å². The highest BCUT2D eigenvalue weighted by atomic mass is 32.1. The molecule has 4 nitrogen and oxygen atoms in total. The number of carboxylic acid groups (broad SMARTS) is 1. The highest BCUT2D eigenvalue weighted by Crippen LogP contribution is 2.24.